The van der Waals surface area contributed by atoms with E-state index in [0.29, 0.717) is 0 Å². The molecule has 6 rings (SSSR count). The lowest BCUT2D eigenvalue weighted by Crippen LogP contribution is -2.53. The van der Waals surface area contributed by atoms with Crippen LogP contribution in [0.4, 0.5) is 0 Å². The fourth-order valence-corrected chi connectivity index (χ4v) is 6.58. The van der Waals surface area contributed by atoms with Gasteiger partial charge in [-0.3, -0.25) is 9.80 Å². The highest BCUT2D eigenvalue weighted by molar-refractivity contribution is 5.24. The lowest BCUT2D eigenvalue weighted by atomic mass is 9.90. The molecule has 46 heavy (non-hydrogen) atoms. The molecule has 6 aromatic rings. The average molecular weight is 601 g/mol. The molecule has 2 unspecified atom stereocenters. The molecule has 230 valence electrons. The van der Waals surface area contributed by atoms with Crippen molar-refractivity contribution in [1.29, 1.82) is 0 Å². The van der Waals surface area contributed by atoms with E-state index >= 15 is 0 Å². The first-order valence-corrected chi connectivity index (χ1v) is 16.5. The second-order valence-corrected chi connectivity index (χ2v) is 12.3. The maximum Gasteiger partial charge on any atom is 0.0302 e. The molecule has 0 saturated carbocycles. The van der Waals surface area contributed by atoms with Gasteiger partial charge in [0.1, 0.15) is 0 Å². The molecule has 2 atom stereocenters. The Bertz CT molecular complexity index is 1460. The fraction of sp³-hybridized carbons (Fsp3) is 0.182. The minimum Gasteiger partial charge on any atom is -0.290 e. The summed E-state index contributed by atoms with van der Waals surface area (Å²) in [7, 11) is 0. The average Bonchev–Trinajstić information content (AvgIpc) is 3.12. The molecule has 2 nitrogen and oxygen atoms in total. The minimum atomic E-state index is 0.232. The van der Waals surface area contributed by atoms with E-state index < -0.39 is 0 Å². The lowest BCUT2D eigenvalue weighted by Gasteiger charge is -2.43. The van der Waals surface area contributed by atoms with Gasteiger partial charge in [0, 0.05) is 38.3 Å². The zero-order chi connectivity index (χ0) is 31.2. The first kappa shape index (κ1) is 31.2. The molecule has 0 aliphatic rings. The Morgan fingerprint density at radius 2 is 0.457 bits per heavy atom. The second kappa shape index (κ2) is 16.5. The third-order valence-corrected chi connectivity index (χ3v) is 8.87. The minimum absolute atomic E-state index is 0.232. The number of nitrogens with zero attached hydrogens (tertiary/aromatic N) is 2. The molecule has 0 heterocycles. The molecule has 0 N–H and O–H groups in total. The number of benzene rings is 6. The topological polar surface area (TPSA) is 6.48 Å². The van der Waals surface area contributed by atoms with Crippen LogP contribution >= 0.6 is 0 Å². The zero-order valence-electron chi connectivity index (χ0n) is 26.6. The van der Waals surface area contributed by atoms with Gasteiger partial charge in [-0.2, -0.15) is 0 Å². The van der Waals surface area contributed by atoms with Gasteiger partial charge in [0.15, 0.2) is 0 Å². The molecule has 0 bridgehead atoms. The number of rotatable bonds is 15. The zero-order valence-corrected chi connectivity index (χ0v) is 26.6. The van der Waals surface area contributed by atoms with Crippen molar-refractivity contribution in [2.45, 2.75) is 51.1 Å². The predicted molar refractivity (Wildman–Crippen MR) is 192 cm³/mol. The molecular formula is C44H44N2. The van der Waals surface area contributed by atoms with Crippen molar-refractivity contribution in [3.05, 3.63) is 215 Å². The van der Waals surface area contributed by atoms with Crippen LogP contribution in [-0.2, 0) is 39.0 Å². The second-order valence-electron chi connectivity index (χ2n) is 12.3. The summed E-state index contributed by atoms with van der Waals surface area (Å²) >= 11 is 0. The van der Waals surface area contributed by atoms with E-state index in [-0.39, 0.29) is 12.1 Å². The largest absolute Gasteiger partial charge is 0.290 e. The van der Waals surface area contributed by atoms with Gasteiger partial charge in [-0.1, -0.05) is 182 Å². The monoisotopic (exact) mass is 600 g/mol. The summed E-state index contributed by atoms with van der Waals surface area (Å²) in [6.07, 6.45) is 1.91. The third kappa shape index (κ3) is 9.14. The van der Waals surface area contributed by atoms with Crippen molar-refractivity contribution in [1.82, 2.24) is 9.80 Å². The first-order chi connectivity index (χ1) is 22.8. The molecule has 2 heteroatoms. The molecule has 6 aromatic carbocycles. The normalized spacial score (nSPS) is 12.7. The third-order valence-electron chi connectivity index (χ3n) is 8.87. The fourth-order valence-electron chi connectivity index (χ4n) is 6.58. The molecule has 0 saturated heterocycles. The number of hydrogen-bond acceptors (Lipinski definition) is 2. The van der Waals surface area contributed by atoms with E-state index in [0.717, 1.165) is 39.0 Å². The summed E-state index contributed by atoms with van der Waals surface area (Å²) < 4.78 is 0. The van der Waals surface area contributed by atoms with Gasteiger partial charge < -0.3 is 0 Å². The van der Waals surface area contributed by atoms with Crippen LogP contribution in [-0.4, -0.2) is 21.9 Å². The van der Waals surface area contributed by atoms with Gasteiger partial charge in [-0.15, -0.1) is 0 Å². The van der Waals surface area contributed by atoms with Gasteiger partial charge in [-0.05, 0) is 46.2 Å². The van der Waals surface area contributed by atoms with Crippen LogP contribution < -0.4 is 0 Å². The molecule has 0 aliphatic heterocycles. The predicted octanol–water partition coefficient (Wildman–Crippen LogP) is 9.61. The Hall–Kier alpha value is -4.76. The van der Waals surface area contributed by atoms with Gasteiger partial charge in [0.05, 0.1) is 0 Å². The Morgan fingerprint density at radius 1 is 0.261 bits per heavy atom. The maximum absolute atomic E-state index is 2.74. The van der Waals surface area contributed by atoms with Crippen molar-refractivity contribution < 1.29 is 0 Å². The molecular weight excluding hydrogens is 556 g/mol. The molecule has 0 aromatic heterocycles. The number of hydrogen-bond donors (Lipinski definition) is 0. The molecule has 0 fully saturated rings. The van der Waals surface area contributed by atoms with Crippen LogP contribution in [0.5, 0.6) is 0 Å². The summed E-state index contributed by atoms with van der Waals surface area (Å²) in [6, 6.07) is 66.6. The summed E-state index contributed by atoms with van der Waals surface area (Å²) in [5.74, 6) is 0. The maximum atomic E-state index is 2.74. The van der Waals surface area contributed by atoms with Crippen molar-refractivity contribution >= 4 is 0 Å². The Balaban J connectivity index is 1.48. The van der Waals surface area contributed by atoms with Crippen molar-refractivity contribution in [2.24, 2.45) is 0 Å². The van der Waals surface area contributed by atoms with E-state index in [1.807, 2.05) is 0 Å². The van der Waals surface area contributed by atoms with Gasteiger partial charge in [0.25, 0.3) is 0 Å². The highest BCUT2D eigenvalue weighted by atomic mass is 15.2. The van der Waals surface area contributed by atoms with E-state index in [2.05, 4.69) is 192 Å². The van der Waals surface area contributed by atoms with E-state index in [1.54, 1.807) is 0 Å². The van der Waals surface area contributed by atoms with Crippen LogP contribution in [0.2, 0.25) is 0 Å². The summed E-state index contributed by atoms with van der Waals surface area (Å²) in [4.78, 5) is 5.49. The Morgan fingerprint density at radius 3 is 0.674 bits per heavy atom. The van der Waals surface area contributed by atoms with E-state index in [1.165, 1.54) is 33.4 Å². The Labute approximate surface area is 275 Å². The standard InChI is InChI=1S/C44H44N2/c1-7-19-37(20-8-1)31-43(45(33-39-23-11-3-12-24-39)34-40-25-13-4-14-26-40)44(32-38-21-9-2-10-22-38)46(35-41-27-15-5-16-28-41)36-42-29-17-6-18-30-42/h1-30,43-44H,31-36H2. The van der Waals surface area contributed by atoms with Crippen molar-refractivity contribution in [3.63, 3.8) is 0 Å². The molecule has 0 amide bonds. The molecule has 0 aliphatic carbocycles. The quantitative estimate of drug-likeness (QED) is 0.116. The molecule has 0 spiro atoms. The van der Waals surface area contributed by atoms with E-state index in [9.17, 15) is 0 Å². The smallest absolute Gasteiger partial charge is 0.0302 e. The summed E-state index contributed by atoms with van der Waals surface area (Å²) in [5.41, 5.74) is 8.10. The van der Waals surface area contributed by atoms with E-state index in [4.69, 9.17) is 0 Å². The first-order valence-electron chi connectivity index (χ1n) is 16.5. The van der Waals surface area contributed by atoms with Crippen molar-refractivity contribution in [2.75, 3.05) is 0 Å². The molecule has 0 radical (unpaired) electrons. The van der Waals surface area contributed by atoms with Gasteiger partial charge >= 0.3 is 0 Å². The summed E-state index contributed by atoms with van der Waals surface area (Å²) in [5, 5.41) is 0. The van der Waals surface area contributed by atoms with Crippen LogP contribution in [0.15, 0.2) is 182 Å². The highest BCUT2D eigenvalue weighted by Gasteiger charge is 2.33. The van der Waals surface area contributed by atoms with Crippen LogP contribution in [0.3, 0.4) is 0 Å². The Kier molecular flexibility index (Phi) is 11.2. The lowest BCUT2D eigenvalue weighted by molar-refractivity contribution is 0.0559. The van der Waals surface area contributed by atoms with Gasteiger partial charge in [-0.25, -0.2) is 0 Å². The van der Waals surface area contributed by atoms with Gasteiger partial charge in [0.2, 0.25) is 0 Å². The SMILES string of the molecule is c1ccc(CC(C(Cc2ccccc2)N(Cc2ccccc2)Cc2ccccc2)N(Cc2ccccc2)Cc2ccccc2)cc1. The van der Waals surface area contributed by atoms with Crippen LogP contribution in [0.1, 0.15) is 33.4 Å². The van der Waals surface area contributed by atoms with Crippen LogP contribution in [0.25, 0.3) is 0 Å². The summed E-state index contributed by atoms with van der Waals surface area (Å²) in [6.45, 7) is 3.51. The highest BCUT2D eigenvalue weighted by Crippen LogP contribution is 2.27. The van der Waals surface area contributed by atoms with Crippen LogP contribution in [0, 0.1) is 0 Å². The van der Waals surface area contributed by atoms with Crippen molar-refractivity contribution in [3.8, 4) is 0 Å².